The van der Waals surface area contributed by atoms with E-state index in [-0.39, 0.29) is 5.69 Å². The van der Waals surface area contributed by atoms with Gasteiger partial charge < -0.3 is 5.11 Å². The van der Waals surface area contributed by atoms with Crippen LogP contribution in [-0.4, -0.2) is 22.4 Å². The first kappa shape index (κ1) is 13.8. The largest absolute Gasteiger partial charge is 0.430 e. The molecule has 0 radical (unpaired) electrons. The third kappa shape index (κ3) is 2.21. The van der Waals surface area contributed by atoms with Gasteiger partial charge in [-0.25, -0.2) is 0 Å². The van der Waals surface area contributed by atoms with Gasteiger partial charge in [0.05, 0.1) is 0 Å². The average molecular weight is 259 g/mol. The van der Waals surface area contributed by atoms with Crippen LogP contribution in [0.15, 0.2) is 18.3 Å². The van der Waals surface area contributed by atoms with Crippen molar-refractivity contribution in [3.8, 4) is 0 Å². The van der Waals surface area contributed by atoms with E-state index < -0.39 is 23.5 Å². The van der Waals surface area contributed by atoms with Crippen molar-refractivity contribution >= 4 is 0 Å². The zero-order valence-electron chi connectivity index (χ0n) is 8.39. The summed E-state index contributed by atoms with van der Waals surface area (Å²) in [4.78, 5) is 3.31. The lowest BCUT2D eigenvalue weighted by molar-refractivity contribution is -0.376. The molecule has 0 aliphatic rings. The van der Waals surface area contributed by atoms with Crippen LogP contribution < -0.4 is 0 Å². The molecular formula is C9H7F6NO. The van der Waals surface area contributed by atoms with E-state index >= 15 is 0 Å². The Kier molecular flexibility index (Phi) is 3.13. The molecule has 0 saturated heterocycles. The van der Waals surface area contributed by atoms with Gasteiger partial charge in [-0.05, 0) is 13.0 Å². The number of halogens is 6. The molecule has 1 aromatic heterocycles. The highest BCUT2D eigenvalue weighted by molar-refractivity contribution is 5.24. The van der Waals surface area contributed by atoms with Crippen LogP contribution in [0.3, 0.4) is 0 Å². The zero-order valence-corrected chi connectivity index (χ0v) is 8.39. The van der Waals surface area contributed by atoms with Crippen molar-refractivity contribution in [3.05, 3.63) is 29.6 Å². The van der Waals surface area contributed by atoms with Gasteiger partial charge in [0.15, 0.2) is 0 Å². The van der Waals surface area contributed by atoms with Gasteiger partial charge in [0.1, 0.15) is 0 Å². The van der Waals surface area contributed by atoms with Gasteiger partial charge in [-0.3, -0.25) is 4.98 Å². The number of hydrogen-bond acceptors (Lipinski definition) is 2. The molecule has 0 amide bonds. The normalized spacial score (nSPS) is 13.9. The molecule has 0 aliphatic carbocycles. The van der Waals surface area contributed by atoms with Gasteiger partial charge in [-0.15, -0.1) is 0 Å². The summed E-state index contributed by atoms with van der Waals surface area (Å²) in [6, 6.07) is 1.50. The molecule has 0 spiro atoms. The van der Waals surface area contributed by atoms with Crippen LogP contribution in [0.25, 0.3) is 0 Å². The molecule has 8 heteroatoms. The molecule has 1 aromatic rings. The Bertz CT molecular complexity index is 379. The molecule has 1 N–H and O–H groups in total. The van der Waals surface area contributed by atoms with Gasteiger partial charge in [-0.2, -0.15) is 26.3 Å². The van der Waals surface area contributed by atoms with Gasteiger partial charge in [0.25, 0.3) is 5.60 Å². The second-order valence-corrected chi connectivity index (χ2v) is 3.39. The molecule has 0 unspecified atom stereocenters. The third-order valence-electron chi connectivity index (χ3n) is 2.15. The van der Waals surface area contributed by atoms with Crippen molar-refractivity contribution in [1.29, 1.82) is 0 Å². The Morgan fingerprint density at radius 3 is 1.76 bits per heavy atom. The summed E-state index contributed by atoms with van der Waals surface area (Å²) in [5.74, 6) is 0. The summed E-state index contributed by atoms with van der Waals surface area (Å²) in [5, 5.41) is 8.96. The number of alkyl halides is 6. The van der Waals surface area contributed by atoms with Crippen LogP contribution in [0.5, 0.6) is 0 Å². The number of aliphatic hydroxyl groups is 1. The van der Waals surface area contributed by atoms with E-state index in [2.05, 4.69) is 4.98 Å². The van der Waals surface area contributed by atoms with E-state index in [0.29, 0.717) is 12.3 Å². The molecule has 0 atom stereocenters. The van der Waals surface area contributed by atoms with E-state index in [4.69, 9.17) is 5.11 Å². The molecule has 0 aliphatic heterocycles. The second-order valence-electron chi connectivity index (χ2n) is 3.39. The number of pyridine rings is 1. The maximum Gasteiger partial charge on any atom is 0.430 e. The topological polar surface area (TPSA) is 33.1 Å². The lowest BCUT2D eigenvalue weighted by Crippen LogP contribution is -2.53. The van der Waals surface area contributed by atoms with Crippen LogP contribution in [0.4, 0.5) is 26.3 Å². The second kappa shape index (κ2) is 3.86. The summed E-state index contributed by atoms with van der Waals surface area (Å²) >= 11 is 0. The SMILES string of the molecule is Cc1ccc(C(O)(C(F)(F)F)C(F)(F)F)cn1. The van der Waals surface area contributed by atoms with E-state index in [1.165, 1.54) is 6.92 Å². The molecule has 96 valence electrons. The fourth-order valence-corrected chi connectivity index (χ4v) is 1.17. The first-order chi connectivity index (χ1) is 7.50. The van der Waals surface area contributed by atoms with Crippen LogP contribution in [0.2, 0.25) is 0 Å². The lowest BCUT2D eigenvalue weighted by Gasteiger charge is -2.32. The number of aryl methyl sites for hydroxylation is 1. The van der Waals surface area contributed by atoms with E-state index in [1.807, 2.05) is 0 Å². The minimum absolute atomic E-state index is 0.237. The molecule has 17 heavy (non-hydrogen) atoms. The molecule has 0 saturated carbocycles. The van der Waals surface area contributed by atoms with Crippen LogP contribution in [0, 0.1) is 6.92 Å². The van der Waals surface area contributed by atoms with Crippen molar-refractivity contribution in [2.75, 3.05) is 0 Å². The van der Waals surface area contributed by atoms with Crippen molar-refractivity contribution in [2.24, 2.45) is 0 Å². The highest BCUT2D eigenvalue weighted by Crippen LogP contribution is 2.49. The van der Waals surface area contributed by atoms with Gasteiger partial charge in [0.2, 0.25) is 0 Å². The summed E-state index contributed by atoms with van der Waals surface area (Å²) in [7, 11) is 0. The lowest BCUT2D eigenvalue weighted by atomic mass is 9.93. The van der Waals surface area contributed by atoms with Crippen molar-refractivity contribution in [1.82, 2.24) is 4.98 Å². The Balaban J connectivity index is 3.41. The molecule has 0 aromatic carbocycles. The predicted molar refractivity (Wildman–Crippen MR) is 45.0 cm³/mol. The maximum atomic E-state index is 12.4. The number of aromatic nitrogens is 1. The summed E-state index contributed by atoms with van der Waals surface area (Å²) < 4.78 is 74.3. The number of nitrogens with zero attached hydrogens (tertiary/aromatic N) is 1. The molecule has 1 rings (SSSR count). The minimum Gasteiger partial charge on any atom is -0.369 e. The number of hydrogen-bond donors (Lipinski definition) is 1. The van der Waals surface area contributed by atoms with E-state index in [1.54, 1.807) is 0 Å². The summed E-state index contributed by atoms with van der Waals surface area (Å²) in [6.45, 7) is 1.39. The fraction of sp³-hybridized carbons (Fsp3) is 0.444. The van der Waals surface area contributed by atoms with Gasteiger partial charge in [0, 0.05) is 17.5 Å². The van der Waals surface area contributed by atoms with Gasteiger partial charge in [-0.1, -0.05) is 6.07 Å². The smallest absolute Gasteiger partial charge is 0.369 e. The number of rotatable bonds is 1. The van der Waals surface area contributed by atoms with Crippen molar-refractivity contribution in [3.63, 3.8) is 0 Å². The molecule has 2 nitrogen and oxygen atoms in total. The Labute approximate surface area is 91.9 Å². The Morgan fingerprint density at radius 1 is 1.00 bits per heavy atom. The monoisotopic (exact) mass is 259 g/mol. The minimum atomic E-state index is -5.87. The molecule has 0 fully saturated rings. The fourth-order valence-electron chi connectivity index (χ4n) is 1.17. The third-order valence-corrected chi connectivity index (χ3v) is 2.15. The zero-order chi connectivity index (χ0) is 13.5. The van der Waals surface area contributed by atoms with E-state index in [9.17, 15) is 26.3 Å². The highest BCUT2D eigenvalue weighted by atomic mass is 19.4. The first-order valence-corrected chi connectivity index (χ1v) is 4.29. The summed E-state index contributed by atoms with van der Waals surface area (Å²) in [6.07, 6.45) is -11.4. The Hall–Kier alpha value is -1.31. The maximum absolute atomic E-state index is 12.4. The van der Waals surface area contributed by atoms with Crippen LogP contribution in [-0.2, 0) is 5.60 Å². The predicted octanol–water partition coefficient (Wildman–Crippen LogP) is 2.70. The van der Waals surface area contributed by atoms with Gasteiger partial charge >= 0.3 is 12.4 Å². The molecule has 0 bridgehead atoms. The highest BCUT2D eigenvalue weighted by Gasteiger charge is 2.71. The van der Waals surface area contributed by atoms with Crippen molar-refractivity contribution in [2.45, 2.75) is 24.9 Å². The molecular weight excluding hydrogens is 252 g/mol. The van der Waals surface area contributed by atoms with Crippen LogP contribution in [0.1, 0.15) is 11.3 Å². The Morgan fingerprint density at radius 2 is 1.47 bits per heavy atom. The molecule has 1 heterocycles. The van der Waals surface area contributed by atoms with Crippen molar-refractivity contribution < 1.29 is 31.4 Å². The van der Waals surface area contributed by atoms with Crippen LogP contribution >= 0.6 is 0 Å². The summed E-state index contributed by atoms with van der Waals surface area (Å²) in [5.41, 5.74) is -6.02. The van der Waals surface area contributed by atoms with E-state index in [0.717, 1.165) is 6.07 Å². The quantitative estimate of drug-likeness (QED) is 0.786. The first-order valence-electron chi connectivity index (χ1n) is 4.29. The standard InChI is InChI=1S/C9H7F6NO/c1-5-2-3-6(4-16-5)7(17,8(10,11)12)9(13,14)15/h2-4,17H,1H3. The average Bonchev–Trinajstić information content (AvgIpc) is 2.14.